The number of ether oxygens (including phenoxy) is 1. The Bertz CT molecular complexity index is 850. The Hall–Kier alpha value is -1.93. The van der Waals surface area contributed by atoms with Gasteiger partial charge in [0, 0.05) is 0 Å². The van der Waals surface area contributed by atoms with Gasteiger partial charge in [-0.25, -0.2) is 8.42 Å². The van der Waals surface area contributed by atoms with Gasteiger partial charge in [0.2, 0.25) is 0 Å². The van der Waals surface area contributed by atoms with Crippen molar-refractivity contribution in [1.29, 1.82) is 0 Å². The number of rotatable bonds is 4. The minimum absolute atomic E-state index is 0.0271. The fourth-order valence-electron chi connectivity index (χ4n) is 1.89. The zero-order chi connectivity index (χ0) is 18.1. The lowest BCUT2D eigenvalue weighted by Crippen LogP contribution is -2.18. The van der Waals surface area contributed by atoms with Crippen LogP contribution in [-0.2, 0) is 10.0 Å². The maximum atomic E-state index is 12.3. The summed E-state index contributed by atoms with van der Waals surface area (Å²) in [6, 6.07) is 8.21. The Labute approximate surface area is 142 Å². The number of benzene rings is 2. The zero-order valence-corrected chi connectivity index (χ0v) is 14.2. The smallest absolute Gasteiger partial charge is 0.404 e. The van der Waals surface area contributed by atoms with Crippen molar-refractivity contribution in [3.8, 4) is 5.75 Å². The van der Waals surface area contributed by atoms with Crippen molar-refractivity contribution in [2.45, 2.75) is 25.1 Å². The topological polar surface area (TPSA) is 55.4 Å². The second-order valence-corrected chi connectivity index (χ2v) is 7.15. The summed E-state index contributed by atoms with van der Waals surface area (Å²) in [6.07, 6.45) is -4.89. The highest BCUT2D eigenvalue weighted by molar-refractivity contribution is 7.92. The van der Waals surface area contributed by atoms with E-state index in [2.05, 4.69) is 9.46 Å². The van der Waals surface area contributed by atoms with Gasteiger partial charge in [0.25, 0.3) is 10.0 Å². The highest BCUT2D eigenvalue weighted by Crippen LogP contribution is 2.35. The lowest BCUT2D eigenvalue weighted by molar-refractivity contribution is -0.274. The number of nitrogens with one attached hydrogen (secondary N) is 1. The SMILES string of the molecule is Cc1ccc(S(=O)(=O)Nc2cc(Cl)c(OC(F)(F)F)cc2C)cc1. The highest BCUT2D eigenvalue weighted by atomic mass is 35.5. The average molecular weight is 380 g/mol. The third-order valence-electron chi connectivity index (χ3n) is 3.08. The van der Waals surface area contributed by atoms with Crippen molar-refractivity contribution < 1.29 is 26.3 Å². The Kier molecular flexibility index (Phi) is 5.00. The van der Waals surface area contributed by atoms with Gasteiger partial charge in [-0.2, -0.15) is 0 Å². The van der Waals surface area contributed by atoms with Gasteiger partial charge < -0.3 is 4.74 Å². The number of sulfonamides is 1. The van der Waals surface area contributed by atoms with Crippen LogP contribution in [0.3, 0.4) is 0 Å². The van der Waals surface area contributed by atoms with E-state index < -0.39 is 22.1 Å². The molecule has 0 unspecified atom stereocenters. The van der Waals surface area contributed by atoms with Gasteiger partial charge in [-0.15, -0.1) is 13.2 Å². The second-order valence-electron chi connectivity index (χ2n) is 5.06. The van der Waals surface area contributed by atoms with Crippen molar-refractivity contribution in [3.05, 3.63) is 52.5 Å². The Balaban J connectivity index is 2.33. The van der Waals surface area contributed by atoms with Crippen LogP contribution in [0.1, 0.15) is 11.1 Å². The third-order valence-corrected chi connectivity index (χ3v) is 4.76. The van der Waals surface area contributed by atoms with E-state index in [0.29, 0.717) is 0 Å². The fraction of sp³-hybridized carbons (Fsp3) is 0.200. The molecule has 0 bridgehead atoms. The van der Waals surface area contributed by atoms with Crippen LogP contribution in [0.5, 0.6) is 5.75 Å². The number of anilines is 1. The molecule has 0 saturated carbocycles. The van der Waals surface area contributed by atoms with Crippen LogP contribution < -0.4 is 9.46 Å². The molecule has 0 heterocycles. The first-order valence-electron chi connectivity index (χ1n) is 6.63. The second kappa shape index (κ2) is 6.52. The molecule has 2 aromatic rings. The lowest BCUT2D eigenvalue weighted by Gasteiger charge is -2.15. The van der Waals surface area contributed by atoms with Crippen molar-refractivity contribution in [3.63, 3.8) is 0 Å². The molecule has 0 aliphatic rings. The molecule has 24 heavy (non-hydrogen) atoms. The Morgan fingerprint density at radius 1 is 1.08 bits per heavy atom. The van der Waals surface area contributed by atoms with Crippen LogP contribution in [0.2, 0.25) is 5.02 Å². The molecule has 0 aromatic heterocycles. The summed E-state index contributed by atoms with van der Waals surface area (Å²) in [5.74, 6) is -0.597. The molecule has 0 aliphatic heterocycles. The lowest BCUT2D eigenvalue weighted by atomic mass is 10.2. The van der Waals surface area contributed by atoms with Crippen LogP contribution in [-0.4, -0.2) is 14.8 Å². The van der Waals surface area contributed by atoms with Gasteiger partial charge in [-0.3, -0.25) is 4.72 Å². The van der Waals surface area contributed by atoms with E-state index in [9.17, 15) is 21.6 Å². The van der Waals surface area contributed by atoms with E-state index in [4.69, 9.17) is 11.6 Å². The first-order chi connectivity index (χ1) is 11.0. The van der Waals surface area contributed by atoms with E-state index in [1.165, 1.54) is 19.1 Å². The molecule has 4 nitrogen and oxygen atoms in total. The molecule has 0 radical (unpaired) electrons. The average Bonchev–Trinajstić information content (AvgIpc) is 2.43. The number of alkyl halides is 3. The quantitative estimate of drug-likeness (QED) is 0.840. The van der Waals surface area contributed by atoms with E-state index in [0.717, 1.165) is 17.7 Å². The van der Waals surface area contributed by atoms with Crippen LogP contribution >= 0.6 is 11.6 Å². The number of halogens is 4. The maximum absolute atomic E-state index is 12.3. The van der Waals surface area contributed by atoms with Gasteiger partial charge in [0.15, 0.2) is 0 Å². The zero-order valence-electron chi connectivity index (χ0n) is 12.6. The predicted molar refractivity (Wildman–Crippen MR) is 84.9 cm³/mol. The summed E-state index contributed by atoms with van der Waals surface area (Å²) in [5, 5.41) is -0.362. The standard InChI is InChI=1S/C15H13ClF3NO3S/c1-9-3-5-11(6-4-9)24(21,22)20-13-8-12(16)14(7-10(13)2)23-15(17,18)19/h3-8,20H,1-2H3. The van der Waals surface area contributed by atoms with Crippen molar-refractivity contribution in [2.75, 3.05) is 4.72 Å². The molecule has 1 N–H and O–H groups in total. The molecular formula is C15H13ClF3NO3S. The fourth-order valence-corrected chi connectivity index (χ4v) is 3.21. The molecular weight excluding hydrogens is 367 g/mol. The monoisotopic (exact) mass is 379 g/mol. The van der Waals surface area contributed by atoms with Crippen molar-refractivity contribution >= 4 is 27.3 Å². The molecule has 2 aromatic carbocycles. The maximum Gasteiger partial charge on any atom is 0.573 e. The summed E-state index contributed by atoms with van der Waals surface area (Å²) in [6.45, 7) is 3.25. The first kappa shape index (κ1) is 18.4. The molecule has 0 fully saturated rings. The van der Waals surface area contributed by atoms with E-state index in [1.54, 1.807) is 12.1 Å². The number of hydrogen-bond donors (Lipinski definition) is 1. The minimum Gasteiger partial charge on any atom is -0.404 e. The van der Waals surface area contributed by atoms with Crippen LogP contribution in [0.4, 0.5) is 18.9 Å². The Morgan fingerprint density at radius 2 is 1.67 bits per heavy atom. The first-order valence-corrected chi connectivity index (χ1v) is 8.49. The summed E-state index contributed by atoms with van der Waals surface area (Å²) in [5.41, 5.74) is 1.19. The molecule has 0 amide bonds. The molecule has 9 heteroatoms. The van der Waals surface area contributed by atoms with Gasteiger partial charge in [-0.1, -0.05) is 29.3 Å². The molecule has 0 aliphatic carbocycles. The number of hydrogen-bond acceptors (Lipinski definition) is 3. The van der Waals surface area contributed by atoms with Crippen LogP contribution in [0.25, 0.3) is 0 Å². The summed E-state index contributed by atoms with van der Waals surface area (Å²) in [7, 11) is -3.89. The molecule has 130 valence electrons. The van der Waals surface area contributed by atoms with Gasteiger partial charge in [0.05, 0.1) is 15.6 Å². The van der Waals surface area contributed by atoms with Crippen molar-refractivity contribution in [2.24, 2.45) is 0 Å². The van der Waals surface area contributed by atoms with Gasteiger partial charge >= 0.3 is 6.36 Å². The normalized spacial score (nSPS) is 12.1. The van der Waals surface area contributed by atoms with Crippen LogP contribution in [0.15, 0.2) is 41.3 Å². The van der Waals surface area contributed by atoms with E-state index >= 15 is 0 Å². The highest BCUT2D eigenvalue weighted by Gasteiger charge is 2.32. The summed E-state index contributed by atoms with van der Waals surface area (Å²) in [4.78, 5) is 0.0271. The predicted octanol–water partition coefficient (Wildman–Crippen LogP) is 4.66. The molecule has 0 spiro atoms. The Morgan fingerprint density at radius 3 is 2.21 bits per heavy atom. The van der Waals surface area contributed by atoms with Gasteiger partial charge in [0.1, 0.15) is 5.75 Å². The largest absolute Gasteiger partial charge is 0.573 e. The van der Waals surface area contributed by atoms with E-state index in [-0.39, 0.29) is 21.2 Å². The molecule has 0 atom stereocenters. The van der Waals surface area contributed by atoms with Gasteiger partial charge in [-0.05, 0) is 43.7 Å². The molecule has 2 rings (SSSR count). The summed E-state index contributed by atoms with van der Waals surface area (Å²) < 4.78 is 67.6. The van der Waals surface area contributed by atoms with Crippen LogP contribution in [0, 0.1) is 13.8 Å². The van der Waals surface area contributed by atoms with Crippen molar-refractivity contribution in [1.82, 2.24) is 0 Å². The molecule has 0 saturated heterocycles. The number of aryl methyl sites for hydroxylation is 2. The minimum atomic E-state index is -4.89. The van der Waals surface area contributed by atoms with E-state index in [1.807, 2.05) is 6.92 Å². The summed E-state index contributed by atoms with van der Waals surface area (Å²) >= 11 is 5.74. The third kappa shape index (κ3) is 4.55.